The zero-order valence-electron chi connectivity index (χ0n) is 17.7. The number of rotatable bonds is 4. The standard InChI is InChI=1S/C26H27N3O2/c1-16-20(15-21-18-11-5-7-13-22(18)28-26(21)31)19-12-6-8-14-23(19)29(16)24(25(27)30)17-9-3-2-4-10-17/h5-8,11-15,17,24H,2-4,9-10H2,1H3,(H2,27,30)(H,28,31). The first-order chi connectivity index (χ1) is 15.1. The Hall–Kier alpha value is -3.34. The van der Waals surface area contributed by atoms with Gasteiger partial charge in [0.25, 0.3) is 5.91 Å². The van der Waals surface area contributed by atoms with E-state index in [0.717, 1.165) is 59.1 Å². The van der Waals surface area contributed by atoms with Gasteiger partial charge in [0, 0.05) is 39.0 Å². The highest BCUT2D eigenvalue weighted by Gasteiger charge is 2.33. The number of hydrogen-bond donors (Lipinski definition) is 2. The minimum Gasteiger partial charge on any atom is -0.368 e. The Balaban J connectivity index is 1.70. The second kappa shape index (κ2) is 7.73. The molecule has 1 aliphatic heterocycles. The van der Waals surface area contributed by atoms with Crippen LogP contribution in [-0.4, -0.2) is 16.4 Å². The van der Waals surface area contributed by atoms with Crippen LogP contribution < -0.4 is 11.1 Å². The summed E-state index contributed by atoms with van der Waals surface area (Å²) in [6.45, 7) is 2.03. The molecular formula is C26H27N3O2. The lowest BCUT2D eigenvalue weighted by Crippen LogP contribution is -2.34. The number of nitrogens with zero attached hydrogens (tertiary/aromatic N) is 1. The van der Waals surface area contributed by atoms with Crippen LogP contribution >= 0.6 is 0 Å². The summed E-state index contributed by atoms with van der Waals surface area (Å²) in [7, 11) is 0. The van der Waals surface area contributed by atoms with Crippen molar-refractivity contribution in [3.63, 3.8) is 0 Å². The molecule has 158 valence electrons. The lowest BCUT2D eigenvalue weighted by Gasteiger charge is -2.30. The van der Waals surface area contributed by atoms with E-state index in [9.17, 15) is 9.59 Å². The van der Waals surface area contributed by atoms with Crippen molar-refractivity contribution in [2.24, 2.45) is 11.7 Å². The van der Waals surface area contributed by atoms with Crippen LogP contribution in [0.2, 0.25) is 0 Å². The largest absolute Gasteiger partial charge is 0.368 e. The third-order valence-electron chi connectivity index (χ3n) is 6.87. The van der Waals surface area contributed by atoms with Gasteiger partial charge in [0.15, 0.2) is 0 Å². The van der Waals surface area contributed by atoms with Crippen LogP contribution in [0.1, 0.15) is 55.0 Å². The van der Waals surface area contributed by atoms with E-state index in [-0.39, 0.29) is 23.8 Å². The first-order valence-corrected chi connectivity index (χ1v) is 11.1. The number of carbonyl (C=O) groups excluding carboxylic acids is 2. The molecule has 1 saturated carbocycles. The minimum absolute atomic E-state index is 0.101. The highest BCUT2D eigenvalue weighted by Crippen LogP contribution is 2.40. The van der Waals surface area contributed by atoms with Gasteiger partial charge in [-0.3, -0.25) is 9.59 Å². The molecule has 1 aliphatic carbocycles. The molecule has 0 radical (unpaired) electrons. The summed E-state index contributed by atoms with van der Waals surface area (Å²) in [4.78, 5) is 25.4. The number of primary amides is 1. The molecule has 3 aromatic rings. The third kappa shape index (κ3) is 3.25. The molecule has 1 atom stereocenters. The maximum Gasteiger partial charge on any atom is 0.256 e. The first kappa shape index (κ1) is 19.6. The number of para-hydroxylation sites is 2. The third-order valence-corrected chi connectivity index (χ3v) is 6.87. The molecule has 0 bridgehead atoms. The molecule has 2 amide bonds. The van der Waals surface area contributed by atoms with Crippen molar-refractivity contribution in [3.05, 3.63) is 65.4 Å². The smallest absolute Gasteiger partial charge is 0.256 e. The number of amides is 2. The van der Waals surface area contributed by atoms with E-state index in [2.05, 4.69) is 16.0 Å². The van der Waals surface area contributed by atoms with Gasteiger partial charge in [0.2, 0.25) is 5.91 Å². The molecule has 5 nitrogen and oxygen atoms in total. The van der Waals surface area contributed by atoms with Gasteiger partial charge < -0.3 is 15.6 Å². The van der Waals surface area contributed by atoms with Crippen molar-refractivity contribution in [1.29, 1.82) is 0 Å². The summed E-state index contributed by atoms with van der Waals surface area (Å²) in [6, 6.07) is 15.5. The van der Waals surface area contributed by atoms with E-state index < -0.39 is 0 Å². The fourth-order valence-electron chi connectivity index (χ4n) is 5.40. The van der Waals surface area contributed by atoms with Gasteiger partial charge in [-0.1, -0.05) is 55.7 Å². The van der Waals surface area contributed by atoms with E-state index in [4.69, 9.17) is 5.73 Å². The Morgan fingerprint density at radius 3 is 2.58 bits per heavy atom. The molecule has 2 aromatic carbocycles. The maximum atomic E-state index is 12.7. The van der Waals surface area contributed by atoms with Crippen molar-refractivity contribution in [1.82, 2.24) is 4.57 Å². The highest BCUT2D eigenvalue weighted by atomic mass is 16.2. The van der Waals surface area contributed by atoms with Crippen molar-refractivity contribution in [2.75, 3.05) is 5.32 Å². The molecule has 2 heterocycles. The van der Waals surface area contributed by atoms with Crippen molar-refractivity contribution in [2.45, 2.75) is 45.1 Å². The predicted molar refractivity (Wildman–Crippen MR) is 124 cm³/mol. The van der Waals surface area contributed by atoms with Crippen LogP contribution in [0, 0.1) is 12.8 Å². The zero-order chi connectivity index (χ0) is 21.5. The molecule has 5 heteroatoms. The molecule has 3 N–H and O–H groups in total. The van der Waals surface area contributed by atoms with E-state index >= 15 is 0 Å². The number of carbonyl (C=O) groups is 2. The molecule has 31 heavy (non-hydrogen) atoms. The fraction of sp³-hybridized carbons (Fsp3) is 0.308. The second-order valence-electron chi connectivity index (χ2n) is 8.69. The zero-order valence-corrected chi connectivity index (χ0v) is 17.7. The number of fused-ring (bicyclic) bond motifs is 2. The van der Waals surface area contributed by atoms with Crippen molar-refractivity contribution < 1.29 is 9.59 Å². The van der Waals surface area contributed by atoms with E-state index in [1.165, 1.54) is 6.42 Å². The van der Waals surface area contributed by atoms with Gasteiger partial charge in [-0.15, -0.1) is 0 Å². The van der Waals surface area contributed by atoms with E-state index in [0.29, 0.717) is 5.57 Å². The molecule has 1 unspecified atom stereocenters. The number of aromatic nitrogens is 1. The summed E-state index contributed by atoms with van der Waals surface area (Å²) >= 11 is 0. The van der Waals surface area contributed by atoms with Crippen molar-refractivity contribution in [3.8, 4) is 0 Å². The van der Waals surface area contributed by atoms with Gasteiger partial charge in [0.1, 0.15) is 6.04 Å². The SMILES string of the molecule is Cc1c(C=C2C(=O)Nc3ccccc32)c2ccccc2n1C(C(N)=O)C1CCCCC1. The minimum atomic E-state index is -0.373. The number of anilines is 1. The van der Waals surface area contributed by atoms with Gasteiger partial charge >= 0.3 is 0 Å². The van der Waals surface area contributed by atoms with Crippen LogP contribution in [0.5, 0.6) is 0 Å². The monoisotopic (exact) mass is 413 g/mol. The summed E-state index contributed by atoms with van der Waals surface area (Å²) in [5, 5.41) is 3.98. The Labute approximate surface area is 181 Å². The van der Waals surface area contributed by atoms with Gasteiger partial charge in [-0.05, 0) is 43.9 Å². The first-order valence-electron chi connectivity index (χ1n) is 11.1. The normalized spacial score (nSPS) is 18.9. The molecule has 1 aromatic heterocycles. The highest BCUT2D eigenvalue weighted by molar-refractivity contribution is 6.35. The molecule has 5 rings (SSSR count). The van der Waals surface area contributed by atoms with Crippen LogP contribution in [0.3, 0.4) is 0 Å². The number of hydrogen-bond acceptors (Lipinski definition) is 2. The lowest BCUT2D eigenvalue weighted by atomic mass is 9.83. The Morgan fingerprint density at radius 2 is 1.81 bits per heavy atom. The average Bonchev–Trinajstić information content (AvgIpc) is 3.24. The Morgan fingerprint density at radius 1 is 1.10 bits per heavy atom. The Bertz CT molecular complexity index is 1210. The summed E-state index contributed by atoms with van der Waals surface area (Å²) in [5.41, 5.74) is 11.3. The summed E-state index contributed by atoms with van der Waals surface area (Å²) < 4.78 is 2.12. The number of nitrogens with two attached hydrogens (primary N) is 1. The van der Waals surface area contributed by atoms with E-state index in [1.807, 2.05) is 55.5 Å². The molecular weight excluding hydrogens is 386 g/mol. The fourth-order valence-corrected chi connectivity index (χ4v) is 5.40. The maximum absolute atomic E-state index is 12.7. The summed E-state index contributed by atoms with van der Waals surface area (Å²) in [6.07, 6.45) is 7.51. The van der Waals surface area contributed by atoms with Crippen LogP contribution in [0.25, 0.3) is 22.6 Å². The molecule has 0 saturated heterocycles. The van der Waals surface area contributed by atoms with E-state index in [1.54, 1.807) is 0 Å². The topological polar surface area (TPSA) is 77.1 Å². The van der Waals surface area contributed by atoms with Gasteiger partial charge in [-0.25, -0.2) is 0 Å². The Kier molecular flexibility index (Phi) is 4.89. The second-order valence-corrected chi connectivity index (χ2v) is 8.69. The molecule has 1 fully saturated rings. The van der Waals surface area contributed by atoms with Crippen molar-refractivity contribution >= 4 is 40.1 Å². The quantitative estimate of drug-likeness (QED) is 0.587. The molecule has 2 aliphatic rings. The van der Waals surface area contributed by atoms with Crippen LogP contribution in [0.15, 0.2) is 48.5 Å². The molecule has 0 spiro atoms. The lowest BCUT2D eigenvalue weighted by molar-refractivity contribution is -0.123. The average molecular weight is 414 g/mol. The van der Waals surface area contributed by atoms with Gasteiger partial charge in [-0.2, -0.15) is 0 Å². The summed E-state index contributed by atoms with van der Waals surface area (Å²) in [5.74, 6) is -0.133. The number of nitrogens with one attached hydrogen (secondary N) is 1. The van der Waals surface area contributed by atoms with Crippen LogP contribution in [-0.2, 0) is 9.59 Å². The number of benzene rings is 2. The predicted octanol–water partition coefficient (Wildman–Crippen LogP) is 5.05. The van der Waals surface area contributed by atoms with Gasteiger partial charge in [0.05, 0.1) is 0 Å². The van der Waals surface area contributed by atoms with Crippen LogP contribution in [0.4, 0.5) is 5.69 Å².